The number of aromatic nitrogens is 3. The van der Waals surface area contributed by atoms with Gasteiger partial charge in [-0.1, -0.05) is 24.2 Å². The minimum Gasteiger partial charge on any atom is -0.352 e. The lowest BCUT2D eigenvalue weighted by Crippen LogP contribution is -2.16. The molecule has 4 aromatic rings. The van der Waals surface area contributed by atoms with Gasteiger partial charge < -0.3 is 10.2 Å². The van der Waals surface area contributed by atoms with Crippen LogP contribution in [0.15, 0.2) is 55.5 Å². The fourth-order valence-corrected chi connectivity index (χ4v) is 4.82. The molecule has 0 spiro atoms. The highest BCUT2D eigenvalue weighted by Gasteiger charge is 2.22. The molecule has 1 aliphatic heterocycles. The second-order valence-corrected chi connectivity index (χ2v) is 9.48. The number of likely N-dealkylation sites (tertiary alicyclic amines) is 1. The van der Waals surface area contributed by atoms with Crippen molar-refractivity contribution in [1.29, 1.82) is 0 Å². The van der Waals surface area contributed by atoms with Gasteiger partial charge >= 0.3 is 0 Å². The summed E-state index contributed by atoms with van der Waals surface area (Å²) in [6.45, 7) is 8.09. The van der Waals surface area contributed by atoms with E-state index in [1.807, 2.05) is 42.2 Å². The van der Waals surface area contributed by atoms with Crippen LogP contribution in [-0.2, 0) is 0 Å². The molecule has 6 nitrogen and oxygen atoms in total. The Bertz CT molecular complexity index is 1440. The van der Waals surface area contributed by atoms with E-state index in [-0.39, 0.29) is 10.6 Å². The summed E-state index contributed by atoms with van der Waals surface area (Å²) < 4.78 is 16.5. The molecule has 1 aliphatic rings. The zero-order valence-electron chi connectivity index (χ0n) is 19.6. The number of rotatable bonds is 6. The van der Waals surface area contributed by atoms with Gasteiger partial charge in [0.2, 0.25) is 0 Å². The first-order valence-electron chi connectivity index (χ1n) is 11.4. The number of halogens is 2. The Balaban J connectivity index is 1.58. The van der Waals surface area contributed by atoms with Crippen LogP contribution in [0.2, 0.25) is 5.02 Å². The summed E-state index contributed by atoms with van der Waals surface area (Å²) in [6.07, 6.45) is 7.15. The molecular formula is C27H25ClFN5O. The van der Waals surface area contributed by atoms with Crippen molar-refractivity contribution in [2.24, 2.45) is 0 Å². The molecular weight excluding hydrogens is 465 g/mol. The maximum Gasteiger partial charge on any atom is 0.154 e. The summed E-state index contributed by atoms with van der Waals surface area (Å²) in [4.78, 5) is 18.0. The maximum absolute atomic E-state index is 14.4. The highest BCUT2D eigenvalue weighted by molar-refractivity contribution is 6.33. The number of allylic oxidation sites excluding steroid dienone is 1. The Hall–Kier alpha value is -3.55. The van der Waals surface area contributed by atoms with E-state index in [0.717, 1.165) is 58.5 Å². The molecule has 5 rings (SSSR count). The smallest absolute Gasteiger partial charge is 0.154 e. The third-order valence-corrected chi connectivity index (χ3v) is 6.78. The van der Waals surface area contributed by atoms with Gasteiger partial charge in [-0.2, -0.15) is 5.10 Å². The average molecular weight is 490 g/mol. The van der Waals surface area contributed by atoms with Crippen LogP contribution < -0.4 is 5.32 Å². The Kier molecular flexibility index (Phi) is 6.13. The number of benzene rings is 2. The highest BCUT2D eigenvalue weighted by Crippen LogP contribution is 2.36. The van der Waals surface area contributed by atoms with E-state index < -0.39 is 5.82 Å². The SMILES string of the molecule is C=C(C)c1cnc2ccc(-c3cc(F)c(C=O)c(Cl)c3)cc2c1Nc1cnn(C2CCN(C)C2)c1. The Morgan fingerprint density at radius 3 is 2.77 bits per heavy atom. The zero-order valence-corrected chi connectivity index (χ0v) is 20.3. The average Bonchev–Trinajstić information content (AvgIpc) is 3.47. The van der Waals surface area contributed by atoms with Crippen LogP contribution in [-0.4, -0.2) is 46.1 Å². The number of aldehydes is 1. The molecule has 2 aromatic heterocycles. The number of carbonyl (C=O) groups is 1. The van der Waals surface area contributed by atoms with Gasteiger partial charge in [-0.3, -0.25) is 14.5 Å². The van der Waals surface area contributed by atoms with Crippen molar-refractivity contribution in [3.05, 3.63) is 77.5 Å². The molecule has 3 heterocycles. The molecule has 8 heteroatoms. The van der Waals surface area contributed by atoms with Crippen molar-refractivity contribution in [3.8, 4) is 11.1 Å². The van der Waals surface area contributed by atoms with Crippen LogP contribution in [0.5, 0.6) is 0 Å². The Morgan fingerprint density at radius 2 is 2.09 bits per heavy atom. The van der Waals surface area contributed by atoms with E-state index in [0.29, 0.717) is 17.9 Å². The molecule has 1 N–H and O–H groups in total. The molecule has 178 valence electrons. The van der Waals surface area contributed by atoms with Gasteiger partial charge in [0.15, 0.2) is 6.29 Å². The Labute approximate surface area is 208 Å². The summed E-state index contributed by atoms with van der Waals surface area (Å²) in [6, 6.07) is 8.96. The second-order valence-electron chi connectivity index (χ2n) is 9.07. The molecule has 0 amide bonds. The summed E-state index contributed by atoms with van der Waals surface area (Å²) in [5, 5.41) is 9.05. The summed E-state index contributed by atoms with van der Waals surface area (Å²) in [7, 11) is 2.12. The minimum atomic E-state index is -0.653. The number of anilines is 2. The van der Waals surface area contributed by atoms with Crippen molar-refractivity contribution in [1.82, 2.24) is 19.7 Å². The van der Waals surface area contributed by atoms with Crippen molar-refractivity contribution >= 4 is 45.7 Å². The van der Waals surface area contributed by atoms with Gasteiger partial charge in [0.25, 0.3) is 0 Å². The summed E-state index contributed by atoms with van der Waals surface area (Å²) in [5.41, 5.74) is 5.42. The van der Waals surface area contributed by atoms with Crippen molar-refractivity contribution in [2.45, 2.75) is 19.4 Å². The van der Waals surface area contributed by atoms with Gasteiger partial charge in [-0.25, -0.2) is 4.39 Å². The van der Waals surface area contributed by atoms with Crippen molar-refractivity contribution in [2.75, 3.05) is 25.5 Å². The van der Waals surface area contributed by atoms with Gasteiger partial charge in [0.1, 0.15) is 5.82 Å². The fourth-order valence-electron chi connectivity index (χ4n) is 4.57. The van der Waals surface area contributed by atoms with Crippen LogP contribution in [0.3, 0.4) is 0 Å². The lowest BCUT2D eigenvalue weighted by atomic mass is 9.98. The number of nitrogens with one attached hydrogen (secondary N) is 1. The lowest BCUT2D eigenvalue weighted by Gasteiger charge is -2.15. The predicted molar refractivity (Wildman–Crippen MR) is 139 cm³/mol. The van der Waals surface area contributed by atoms with Crippen molar-refractivity contribution in [3.63, 3.8) is 0 Å². The Morgan fingerprint density at radius 1 is 1.26 bits per heavy atom. The molecule has 35 heavy (non-hydrogen) atoms. The number of hydrogen-bond acceptors (Lipinski definition) is 5. The lowest BCUT2D eigenvalue weighted by molar-refractivity contribution is 0.112. The zero-order chi connectivity index (χ0) is 24.7. The molecule has 0 saturated carbocycles. The molecule has 0 radical (unpaired) electrons. The monoisotopic (exact) mass is 489 g/mol. The topological polar surface area (TPSA) is 63.1 Å². The summed E-state index contributed by atoms with van der Waals surface area (Å²) >= 11 is 6.15. The first-order valence-corrected chi connectivity index (χ1v) is 11.7. The van der Waals surface area contributed by atoms with E-state index in [9.17, 15) is 9.18 Å². The normalized spacial score (nSPS) is 16.1. The highest BCUT2D eigenvalue weighted by atomic mass is 35.5. The molecule has 1 saturated heterocycles. The van der Waals surface area contributed by atoms with E-state index >= 15 is 0 Å². The maximum atomic E-state index is 14.4. The third kappa shape index (κ3) is 4.45. The van der Waals surface area contributed by atoms with Gasteiger partial charge in [-0.15, -0.1) is 0 Å². The van der Waals surface area contributed by atoms with Crippen LogP contribution >= 0.6 is 11.6 Å². The number of pyridine rings is 1. The second kappa shape index (κ2) is 9.24. The first-order chi connectivity index (χ1) is 16.8. The largest absolute Gasteiger partial charge is 0.352 e. The molecule has 0 bridgehead atoms. The standard InChI is InChI=1S/C27H25ClFN5O/c1-16(2)22-12-30-26-5-4-17(18-9-24(28)23(15-35)25(29)10-18)8-21(26)27(22)32-19-11-31-34(13-19)20-6-7-33(3)14-20/h4-5,8-13,15,20H,1,6-7,14H2,2-3H3,(H,30,32). The van der Waals surface area contributed by atoms with Gasteiger partial charge in [0, 0.05) is 29.9 Å². The molecule has 0 aliphatic carbocycles. The fraction of sp³-hybridized carbons (Fsp3) is 0.222. The number of hydrogen-bond donors (Lipinski definition) is 1. The van der Waals surface area contributed by atoms with Crippen LogP contribution in [0, 0.1) is 5.82 Å². The van der Waals surface area contributed by atoms with Crippen molar-refractivity contribution < 1.29 is 9.18 Å². The number of likely N-dealkylation sites (N-methyl/N-ethyl adjacent to an activating group) is 1. The van der Waals surface area contributed by atoms with E-state index in [1.54, 1.807) is 12.3 Å². The minimum absolute atomic E-state index is 0.0761. The van der Waals surface area contributed by atoms with Gasteiger partial charge in [-0.05, 0) is 67.9 Å². The quantitative estimate of drug-likeness (QED) is 0.319. The number of fused-ring (bicyclic) bond motifs is 1. The van der Waals surface area contributed by atoms with E-state index in [1.165, 1.54) is 6.07 Å². The van der Waals surface area contributed by atoms with Crippen LogP contribution in [0.25, 0.3) is 27.6 Å². The van der Waals surface area contributed by atoms with E-state index in [4.69, 9.17) is 11.6 Å². The first kappa shape index (κ1) is 23.2. The number of carbonyl (C=O) groups excluding carboxylic acids is 1. The van der Waals surface area contributed by atoms with Crippen LogP contribution in [0.1, 0.15) is 35.3 Å². The van der Waals surface area contributed by atoms with Crippen LogP contribution in [0.4, 0.5) is 15.8 Å². The predicted octanol–water partition coefficient (Wildman–Crippen LogP) is 6.36. The summed E-state index contributed by atoms with van der Waals surface area (Å²) in [5.74, 6) is -0.653. The van der Waals surface area contributed by atoms with Gasteiger partial charge in [0.05, 0.1) is 39.7 Å². The molecule has 1 fully saturated rings. The molecule has 1 atom stereocenters. The third-order valence-electron chi connectivity index (χ3n) is 6.47. The molecule has 2 aromatic carbocycles. The number of nitrogens with zero attached hydrogens (tertiary/aromatic N) is 4. The van der Waals surface area contributed by atoms with E-state index in [2.05, 4.69) is 33.9 Å². The molecule has 1 unspecified atom stereocenters.